The first-order valence-electron chi connectivity index (χ1n) is 10.7. The highest BCUT2D eigenvalue weighted by molar-refractivity contribution is 6.46. The van der Waals surface area contributed by atoms with Gasteiger partial charge in [-0.25, -0.2) is 4.90 Å². The Kier molecular flexibility index (Phi) is 5.82. The second-order valence-electron chi connectivity index (χ2n) is 8.07. The van der Waals surface area contributed by atoms with Gasteiger partial charge in [-0.2, -0.15) is 0 Å². The molecule has 5 nitrogen and oxygen atoms in total. The zero-order valence-electron chi connectivity index (χ0n) is 18.7. The third-order valence-corrected chi connectivity index (χ3v) is 5.48. The SMILES string of the molecule is Cc1cccc(NC2=C(c3ccccc3)C(=O)N(c3ccccc3OC(C)C)C2=O)c1C. The number of hydrogen-bond donors (Lipinski definition) is 1. The molecule has 0 bridgehead atoms. The Morgan fingerprint density at radius 2 is 1.50 bits per heavy atom. The van der Waals surface area contributed by atoms with Crippen LogP contribution in [0.3, 0.4) is 0 Å². The first-order valence-corrected chi connectivity index (χ1v) is 10.7. The van der Waals surface area contributed by atoms with E-state index in [-0.39, 0.29) is 17.7 Å². The van der Waals surface area contributed by atoms with Gasteiger partial charge >= 0.3 is 0 Å². The summed E-state index contributed by atoms with van der Waals surface area (Å²) in [4.78, 5) is 28.5. The topological polar surface area (TPSA) is 58.6 Å². The molecule has 0 radical (unpaired) electrons. The zero-order valence-corrected chi connectivity index (χ0v) is 18.7. The Labute approximate surface area is 188 Å². The fourth-order valence-electron chi connectivity index (χ4n) is 3.75. The minimum Gasteiger partial charge on any atom is -0.489 e. The number of nitrogens with zero attached hydrogens (tertiary/aromatic N) is 1. The largest absolute Gasteiger partial charge is 0.489 e. The van der Waals surface area contributed by atoms with Crippen LogP contribution in [-0.4, -0.2) is 17.9 Å². The van der Waals surface area contributed by atoms with Crippen molar-refractivity contribution in [1.29, 1.82) is 0 Å². The van der Waals surface area contributed by atoms with Crippen LogP contribution in [0.5, 0.6) is 5.75 Å². The number of amides is 2. The van der Waals surface area contributed by atoms with E-state index in [0.29, 0.717) is 22.6 Å². The van der Waals surface area contributed by atoms with Crippen LogP contribution in [-0.2, 0) is 9.59 Å². The van der Waals surface area contributed by atoms with E-state index in [1.807, 2.05) is 82.3 Å². The van der Waals surface area contributed by atoms with Gasteiger partial charge < -0.3 is 10.1 Å². The van der Waals surface area contributed by atoms with Crippen LogP contribution in [0.1, 0.15) is 30.5 Å². The number of imide groups is 1. The number of benzene rings is 3. The first-order chi connectivity index (χ1) is 15.4. The summed E-state index contributed by atoms with van der Waals surface area (Å²) in [5.41, 5.74) is 4.63. The molecule has 2 amide bonds. The van der Waals surface area contributed by atoms with E-state index in [0.717, 1.165) is 16.8 Å². The maximum atomic E-state index is 13.7. The lowest BCUT2D eigenvalue weighted by Gasteiger charge is -2.20. The van der Waals surface area contributed by atoms with Crippen molar-refractivity contribution in [3.05, 3.63) is 95.2 Å². The second kappa shape index (κ2) is 8.71. The van der Waals surface area contributed by atoms with E-state index in [9.17, 15) is 9.59 Å². The molecule has 0 saturated heterocycles. The van der Waals surface area contributed by atoms with Crippen molar-refractivity contribution in [3.8, 4) is 5.75 Å². The number of para-hydroxylation sites is 2. The van der Waals surface area contributed by atoms with Gasteiger partial charge in [-0.05, 0) is 62.6 Å². The van der Waals surface area contributed by atoms with E-state index in [4.69, 9.17) is 4.74 Å². The van der Waals surface area contributed by atoms with Crippen LogP contribution in [0, 0.1) is 13.8 Å². The molecule has 5 heteroatoms. The highest BCUT2D eigenvalue weighted by Crippen LogP contribution is 2.38. The molecule has 1 heterocycles. The summed E-state index contributed by atoms with van der Waals surface area (Å²) in [6.45, 7) is 7.82. The molecule has 0 saturated carbocycles. The minimum atomic E-state index is -0.408. The van der Waals surface area contributed by atoms with Gasteiger partial charge in [0.2, 0.25) is 0 Å². The molecule has 4 rings (SSSR count). The molecule has 1 aliphatic rings. The molecule has 32 heavy (non-hydrogen) atoms. The van der Waals surface area contributed by atoms with Gasteiger partial charge in [0.05, 0.1) is 17.4 Å². The number of anilines is 2. The average Bonchev–Trinajstić information content (AvgIpc) is 3.01. The third-order valence-electron chi connectivity index (χ3n) is 5.48. The molecule has 0 unspecified atom stereocenters. The normalized spacial score (nSPS) is 13.8. The summed E-state index contributed by atoms with van der Waals surface area (Å²) in [5.74, 6) is -0.298. The summed E-state index contributed by atoms with van der Waals surface area (Å²) in [7, 11) is 0. The number of hydrogen-bond acceptors (Lipinski definition) is 4. The average molecular weight is 427 g/mol. The van der Waals surface area contributed by atoms with Crippen molar-refractivity contribution in [1.82, 2.24) is 0 Å². The lowest BCUT2D eigenvalue weighted by atomic mass is 10.0. The number of aryl methyl sites for hydroxylation is 1. The molecule has 0 spiro atoms. The monoisotopic (exact) mass is 426 g/mol. The van der Waals surface area contributed by atoms with Gasteiger partial charge in [0.25, 0.3) is 11.8 Å². The van der Waals surface area contributed by atoms with Crippen LogP contribution >= 0.6 is 0 Å². The summed E-state index contributed by atoms with van der Waals surface area (Å²) >= 11 is 0. The number of nitrogens with one attached hydrogen (secondary N) is 1. The minimum absolute atomic E-state index is 0.0990. The van der Waals surface area contributed by atoms with E-state index in [1.54, 1.807) is 18.2 Å². The van der Waals surface area contributed by atoms with Crippen molar-refractivity contribution >= 4 is 28.8 Å². The van der Waals surface area contributed by atoms with Gasteiger partial charge in [-0.3, -0.25) is 9.59 Å². The fourth-order valence-corrected chi connectivity index (χ4v) is 3.75. The zero-order chi connectivity index (χ0) is 22.8. The van der Waals surface area contributed by atoms with Crippen molar-refractivity contribution in [2.24, 2.45) is 0 Å². The Balaban J connectivity index is 1.84. The Morgan fingerprint density at radius 3 is 2.22 bits per heavy atom. The summed E-state index contributed by atoms with van der Waals surface area (Å²) < 4.78 is 5.90. The maximum Gasteiger partial charge on any atom is 0.282 e. The van der Waals surface area contributed by atoms with Crippen LogP contribution < -0.4 is 15.0 Å². The van der Waals surface area contributed by atoms with E-state index < -0.39 is 5.91 Å². The van der Waals surface area contributed by atoms with Crippen molar-refractivity contribution in [2.75, 3.05) is 10.2 Å². The van der Waals surface area contributed by atoms with E-state index >= 15 is 0 Å². The van der Waals surface area contributed by atoms with Gasteiger partial charge in [0.1, 0.15) is 11.4 Å². The van der Waals surface area contributed by atoms with Crippen molar-refractivity contribution in [2.45, 2.75) is 33.8 Å². The molecule has 162 valence electrons. The van der Waals surface area contributed by atoms with E-state index in [2.05, 4.69) is 5.32 Å². The molecule has 0 aliphatic carbocycles. The number of rotatable bonds is 6. The highest BCUT2D eigenvalue weighted by Gasteiger charge is 2.41. The van der Waals surface area contributed by atoms with Gasteiger partial charge in [-0.15, -0.1) is 0 Å². The smallest absolute Gasteiger partial charge is 0.282 e. The van der Waals surface area contributed by atoms with Gasteiger partial charge in [0, 0.05) is 5.69 Å². The molecule has 3 aromatic rings. The van der Waals surface area contributed by atoms with Crippen LogP contribution in [0.2, 0.25) is 0 Å². The van der Waals surface area contributed by atoms with Crippen LogP contribution in [0.25, 0.3) is 5.57 Å². The number of carbonyl (C=O) groups is 2. The standard InChI is InChI=1S/C27H26N2O3/c1-17(2)32-23-16-9-8-15-22(23)29-26(30)24(20-12-6-5-7-13-20)25(27(29)31)28-21-14-10-11-18(3)19(21)4/h5-17,28H,1-4H3. The molecule has 1 aliphatic heterocycles. The molecule has 0 atom stereocenters. The fraction of sp³-hybridized carbons (Fsp3) is 0.185. The van der Waals surface area contributed by atoms with Crippen LogP contribution in [0.15, 0.2) is 78.5 Å². The van der Waals surface area contributed by atoms with Crippen molar-refractivity contribution in [3.63, 3.8) is 0 Å². The van der Waals surface area contributed by atoms with Gasteiger partial charge in [0.15, 0.2) is 0 Å². The Bertz CT molecular complexity index is 1210. The third kappa shape index (κ3) is 3.89. The van der Waals surface area contributed by atoms with Gasteiger partial charge in [-0.1, -0.05) is 54.6 Å². The molecule has 0 fully saturated rings. The first kappa shape index (κ1) is 21.4. The summed E-state index contributed by atoms with van der Waals surface area (Å²) in [6.07, 6.45) is -0.0990. The van der Waals surface area contributed by atoms with E-state index in [1.165, 1.54) is 4.90 Å². The maximum absolute atomic E-state index is 13.7. The lowest BCUT2D eigenvalue weighted by molar-refractivity contribution is -0.120. The Morgan fingerprint density at radius 1 is 0.812 bits per heavy atom. The molecular formula is C27H26N2O3. The van der Waals surface area contributed by atoms with Crippen molar-refractivity contribution < 1.29 is 14.3 Å². The quantitative estimate of drug-likeness (QED) is 0.530. The van der Waals surface area contributed by atoms with Crippen LogP contribution in [0.4, 0.5) is 11.4 Å². The Hall–Kier alpha value is -3.86. The lowest BCUT2D eigenvalue weighted by Crippen LogP contribution is -2.33. The predicted octanol–water partition coefficient (Wildman–Crippen LogP) is 5.49. The molecule has 1 N–H and O–H groups in total. The second-order valence-corrected chi connectivity index (χ2v) is 8.07. The summed E-state index contributed by atoms with van der Waals surface area (Å²) in [6, 6.07) is 22.2. The predicted molar refractivity (Wildman–Crippen MR) is 128 cm³/mol. The molecule has 3 aromatic carbocycles. The summed E-state index contributed by atoms with van der Waals surface area (Å²) in [5, 5.41) is 3.27. The molecular weight excluding hydrogens is 400 g/mol. The molecule has 0 aromatic heterocycles. The highest BCUT2D eigenvalue weighted by atomic mass is 16.5. The number of ether oxygens (including phenoxy) is 1. The number of carbonyl (C=O) groups excluding carboxylic acids is 2.